The van der Waals surface area contributed by atoms with Crippen molar-refractivity contribution >= 4 is 5.91 Å². The third-order valence-electron chi connectivity index (χ3n) is 2.59. The summed E-state index contributed by atoms with van der Waals surface area (Å²) in [6.07, 6.45) is -4.36. The Hall–Kier alpha value is -1.76. The smallest absolute Gasteiger partial charge is 0.406 e. The van der Waals surface area contributed by atoms with Crippen molar-refractivity contribution in [2.45, 2.75) is 25.7 Å². The molecule has 0 saturated carbocycles. The lowest BCUT2D eigenvalue weighted by atomic mass is 10.1. The molecule has 0 aliphatic rings. The van der Waals surface area contributed by atoms with Crippen molar-refractivity contribution in [2.75, 3.05) is 13.6 Å². The maximum absolute atomic E-state index is 12.0. The average Bonchev–Trinajstić information content (AvgIpc) is 2.35. The molecule has 0 aliphatic heterocycles. The average molecular weight is 290 g/mol. The van der Waals surface area contributed by atoms with E-state index < -0.39 is 6.36 Å². The molecule has 0 aromatic heterocycles. The fraction of sp³-hybridized carbons (Fsp3) is 0.462. The van der Waals surface area contributed by atoms with Crippen LogP contribution in [0.1, 0.15) is 24.9 Å². The molecule has 4 nitrogen and oxygen atoms in total. The highest BCUT2D eigenvalue weighted by Crippen LogP contribution is 2.24. The fourth-order valence-electron chi connectivity index (χ4n) is 1.59. The molecule has 1 aromatic carbocycles. The van der Waals surface area contributed by atoms with Crippen LogP contribution in [-0.4, -0.2) is 25.9 Å². The molecule has 0 bridgehead atoms. The van der Waals surface area contributed by atoms with Crippen LogP contribution < -0.4 is 15.4 Å². The first-order valence-electron chi connectivity index (χ1n) is 6.11. The molecule has 0 saturated heterocycles. The molecule has 1 unspecified atom stereocenters. The number of ether oxygens (including phenoxy) is 1. The van der Waals surface area contributed by atoms with Gasteiger partial charge in [-0.3, -0.25) is 4.79 Å². The van der Waals surface area contributed by atoms with Gasteiger partial charge >= 0.3 is 6.36 Å². The van der Waals surface area contributed by atoms with E-state index in [4.69, 9.17) is 0 Å². The number of carbonyl (C=O) groups excluding carboxylic acids is 1. The second-order valence-corrected chi connectivity index (χ2v) is 4.26. The number of nitrogens with one attached hydrogen (secondary N) is 2. The monoisotopic (exact) mass is 290 g/mol. The van der Waals surface area contributed by atoms with Crippen LogP contribution in [0.4, 0.5) is 13.2 Å². The topological polar surface area (TPSA) is 50.4 Å². The molecular weight excluding hydrogens is 273 g/mol. The lowest BCUT2D eigenvalue weighted by Gasteiger charge is -2.15. The van der Waals surface area contributed by atoms with Crippen molar-refractivity contribution in [1.29, 1.82) is 0 Å². The van der Waals surface area contributed by atoms with E-state index in [0.717, 1.165) is 0 Å². The molecule has 20 heavy (non-hydrogen) atoms. The van der Waals surface area contributed by atoms with Crippen LogP contribution in [0.25, 0.3) is 0 Å². The van der Waals surface area contributed by atoms with Crippen LogP contribution in [-0.2, 0) is 4.79 Å². The van der Waals surface area contributed by atoms with Crippen molar-refractivity contribution in [1.82, 2.24) is 10.6 Å². The van der Waals surface area contributed by atoms with Crippen LogP contribution >= 0.6 is 0 Å². The van der Waals surface area contributed by atoms with Crippen LogP contribution in [0.5, 0.6) is 5.75 Å². The van der Waals surface area contributed by atoms with E-state index in [1.807, 2.05) is 0 Å². The number of amides is 1. The number of hydrogen-bond acceptors (Lipinski definition) is 3. The van der Waals surface area contributed by atoms with Crippen molar-refractivity contribution in [2.24, 2.45) is 0 Å². The van der Waals surface area contributed by atoms with E-state index >= 15 is 0 Å². The van der Waals surface area contributed by atoms with Crippen LogP contribution in [0.3, 0.4) is 0 Å². The highest BCUT2D eigenvalue weighted by Gasteiger charge is 2.31. The standard InChI is InChI=1S/C13H17F3N2O2/c1-9(18-12(19)7-8-17-2)10-3-5-11(6-4-10)20-13(14,15)16/h3-6,9,17H,7-8H2,1-2H3,(H,18,19). The Morgan fingerprint density at radius 1 is 1.30 bits per heavy atom. The highest BCUT2D eigenvalue weighted by molar-refractivity contribution is 5.76. The highest BCUT2D eigenvalue weighted by atomic mass is 19.4. The molecule has 2 N–H and O–H groups in total. The van der Waals surface area contributed by atoms with Crippen molar-refractivity contribution in [3.8, 4) is 5.75 Å². The predicted molar refractivity (Wildman–Crippen MR) is 68.2 cm³/mol. The summed E-state index contributed by atoms with van der Waals surface area (Å²) in [5.41, 5.74) is 0.706. The lowest BCUT2D eigenvalue weighted by Crippen LogP contribution is -2.29. The number of carbonyl (C=O) groups is 1. The van der Waals surface area contributed by atoms with E-state index in [1.54, 1.807) is 14.0 Å². The van der Waals surface area contributed by atoms with Gasteiger partial charge in [-0.2, -0.15) is 0 Å². The maximum atomic E-state index is 12.0. The number of halogens is 3. The zero-order valence-corrected chi connectivity index (χ0v) is 11.3. The van der Waals surface area contributed by atoms with E-state index in [0.29, 0.717) is 18.5 Å². The molecule has 1 atom stereocenters. The van der Waals surface area contributed by atoms with E-state index in [2.05, 4.69) is 15.4 Å². The minimum atomic E-state index is -4.70. The van der Waals surface area contributed by atoms with Gasteiger partial charge in [-0.1, -0.05) is 12.1 Å². The molecular formula is C13H17F3N2O2. The largest absolute Gasteiger partial charge is 0.573 e. The van der Waals surface area contributed by atoms with Gasteiger partial charge in [0, 0.05) is 13.0 Å². The second-order valence-electron chi connectivity index (χ2n) is 4.26. The van der Waals surface area contributed by atoms with Gasteiger partial charge in [0.2, 0.25) is 5.91 Å². The summed E-state index contributed by atoms with van der Waals surface area (Å²) < 4.78 is 39.8. The SMILES string of the molecule is CNCCC(=O)NC(C)c1ccc(OC(F)(F)F)cc1. The minimum absolute atomic E-state index is 0.123. The Balaban J connectivity index is 2.57. The first-order valence-corrected chi connectivity index (χ1v) is 6.11. The Morgan fingerprint density at radius 2 is 1.90 bits per heavy atom. The number of rotatable bonds is 6. The second kappa shape index (κ2) is 7.14. The molecule has 0 aliphatic carbocycles. The Bertz CT molecular complexity index is 432. The van der Waals surface area contributed by atoms with Crippen LogP contribution in [0.15, 0.2) is 24.3 Å². The van der Waals surface area contributed by atoms with E-state index in [1.165, 1.54) is 24.3 Å². The molecule has 1 rings (SSSR count). The summed E-state index contributed by atoms with van der Waals surface area (Å²) in [4.78, 5) is 11.5. The van der Waals surface area contributed by atoms with E-state index in [9.17, 15) is 18.0 Å². The molecule has 0 fully saturated rings. The van der Waals surface area contributed by atoms with Gasteiger partial charge in [0.1, 0.15) is 5.75 Å². The summed E-state index contributed by atoms with van der Waals surface area (Å²) in [5, 5.41) is 5.61. The van der Waals surface area contributed by atoms with Gasteiger partial charge in [0.15, 0.2) is 0 Å². The van der Waals surface area contributed by atoms with Crippen LogP contribution in [0.2, 0.25) is 0 Å². The molecule has 112 valence electrons. The Kier molecular flexibility index (Phi) is 5.82. The van der Waals surface area contributed by atoms with Gasteiger partial charge in [0.05, 0.1) is 6.04 Å². The summed E-state index contributed by atoms with van der Waals surface area (Å²) in [5.74, 6) is -0.405. The van der Waals surface area contributed by atoms with Crippen molar-refractivity contribution in [3.05, 3.63) is 29.8 Å². The zero-order valence-electron chi connectivity index (χ0n) is 11.3. The number of alkyl halides is 3. The lowest BCUT2D eigenvalue weighted by molar-refractivity contribution is -0.274. The molecule has 1 amide bonds. The summed E-state index contributed by atoms with van der Waals surface area (Å²) in [7, 11) is 1.75. The molecule has 0 spiro atoms. The normalized spacial score (nSPS) is 12.8. The molecule has 7 heteroatoms. The molecule has 0 radical (unpaired) electrons. The first-order chi connectivity index (χ1) is 9.31. The van der Waals surface area contributed by atoms with Gasteiger partial charge in [-0.05, 0) is 31.7 Å². The minimum Gasteiger partial charge on any atom is -0.406 e. The van der Waals surface area contributed by atoms with Crippen LogP contribution in [0, 0.1) is 0 Å². The number of hydrogen-bond donors (Lipinski definition) is 2. The quantitative estimate of drug-likeness (QED) is 0.845. The van der Waals surface area contributed by atoms with Crippen molar-refractivity contribution < 1.29 is 22.7 Å². The van der Waals surface area contributed by atoms with Crippen molar-refractivity contribution in [3.63, 3.8) is 0 Å². The van der Waals surface area contributed by atoms with Gasteiger partial charge in [-0.15, -0.1) is 13.2 Å². The molecule has 1 aromatic rings. The summed E-state index contributed by atoms with van der Waals surface area (Å²) >= 11 is 0. The third-order valence-corrected chi connectivity index (χ3v) is 2.59. The Labute approximate surface area is 115 Å². The Morgan fingerprint density at radius 3 is 2.40 bits per heavy atom. The first kappa shape index (κ1) is 16.3. The van der Waals surface area contributed by atoms with Gasteiger partial charge in [0.25, 0.3) is 0 Å². The fourth-order valence-corrected chi connectivity index (χ4v) is 1.59. The number of benzene rings is 1. The van der Waals surface area contributed by atoms with Gasteiger partial charge < -0.3 is 15.4 Å². The van der Waals surface area contributed by atoms with E-state index in [-0.39, 0.29) is 17.7 Å². The summed E-state index contributed by atoms with van der Waals surface area (Å²) in [6.45, 7) is 2.33. The maximum Gasteiger partial charge on any atom is 0.573 e. The third kappa shape index (κ3) is 5.92. The zero-order chi connectivity index (χ0) is 15.2. The molecule has 0 heterocycles. The van der Waals surface area contributed by atoms with Gasteiger partial charge in [-0.25, -0.2) is 0 Å². The summed E-state index contributed by atoms with van der Waals surface area (Å²) in [6, 6.07) is 5.14. The predicted octanol–water partition coefficient (Wildman–Crippen LogP) is 2.37.